The van der Waals surface area contributed by atoms with Crippen molar-refractivity contribution in [1.82, 2.24) is 0 Å². The van der Waals surface area contributed by atoms with E-state index in [-0.39, 0.29) is 22.8 Å². The first-order chi connectivity index (χ1) is 12.8. The minimum Gasteiger partial charge on any atom is -0.328 e. The fraction of sp³-hybridized carbons (Fsp3) is 0.350. The maximum atomic E-state index is 12.4. The summed E-state index contributed by atoms with van der Waals surface area (Å²) in [5, 5.41) is 2.89. The van der Waals surface area contributed by atoms with Gasteiger partial charge in [-0.05, 0) is 62.6 Å². The van der Waals surface area contributed by atoms with Gasteiger partial charge in [0.2, 0.25) is 5.91 Å². The molecule has 0 bridgehead atoms. The SMILES string of the molecule is Cc1ccc(S(=O)(=O)Nc2ccc(NC(=O)C3CCCC(N)C3)cc2)cc1. The second-order valence-corrected chi connectivity index (χ2v) is 8.79. The van der Waals surface area contributed by atoms with Gasteiger partial charge in [-0.25, -0.2) is 8.42 Å². The summed E-state index contributed by atoms with van der Waals surface area (Å²) in [6, 6.07) is 13.4. The monoisotopic (exact) mass is 387 g/mol. The van der Waals surface area contributed by atoms with E-state index in [0.717, 1.165) is 24.8 Å². The van der Waals surface area contributed by atoms with Gasteiger partial charge in [0.15, 0.2) is 0 Å². The van der Waals surface area contributed by atoms with E-state index in [4.69, 9.17) is 5.73 Å². The number of carbonyl (C=O) groups is 1. The second-order valence-electron chi connectivity index (χ2n) is 7.11. The van der Waals surface area contributed by atoms with Crippen molar-refractivity contribution in [2.45, 2.75) is 43.5 Å². The zero-order valence-corrected chi connectivity index (χ0v) is 16.1. The molecule has 0 saturated heterocycles. The first kappa shape index (κ1) is 19.4. The van der Waals surface area contributed by atoms with Gasteiger partial charge >= 0.3 is 0 Å². The number of benzene rings is 2. The molecule has 2 unspecified atom stereocenters. The standard InChI is InChI=1S/C20H25N3O3S/c1-14-5-11-19(12-6-14)27(25,26)23-18-9-7-17(8-10-18)22-20(24)15-3-2-4-16(21)13-15/h5-12,15-16,23H,2-4,13,21H2,1H3,(H,22,24). The number of aryl methyl sites for hydroxylation is 1. The van der Waals surface area contributed by atoms with Crippen molar-refractivity contribution in [2.75, 3.05) is 10.0 Å². The Morgan fingerprint density at radius 2 is 1.63 bits per heavy atom. The number of nitrogens with one attached hydrogen (secondary N) is 2. The summed E-state index contributed by atoms with van der Waals surface area (Å²) < 4.78 is 27.4. The summed E-state index contributed by atoms with van der Waals surface area (Å²) in [4.78, 5) is 12.6. The number of hydrogen-bond donors (Lipinski definition) is 3. The molecule has 4 N–H and O–H groups in total. The van der Waals surface area contributed by atoms with E-state index >= 15 is 0 Å². The van der Waals surface area contributed by atoms with Gasteiger partial charge in [0.05, 0.1) is 4.90 Å². The molecule has 2 atom stereocenters. The lowest BCUT2D eigenvalue weighted by atomic mass is 9.85. The molecule has 6 nitrogen and oxygen atoms in total. The van der Waals surface area contributed by atoms with Crippen molar-refractivity contribution in [2.24, 2.45) is 11.7 Å². The van der Waals surface area contributed by atoms with Gasteiger partial charge in [-0.3, -0.25) is 9.52 Å². The van der Waals surface area contributed by atoms with Crippen LogP contribution in [-0.4, -0.2) is 20.4 Å². The van der Waals surface area contributed by atoms with E-state index in [1.165, 1.54) is 0 Å². The summed E-state index contributed by atoms with van der Waals surface area (Å²) in [5.74, 6) is -0.0911. The van der Waals surface area contributed by atoms with Gasteiger partial charge in [0.1, 0.15) is 0 Å². The fourth-order valence-corrected chi connectivity index (χ4v) is 4.32. The third-order valence-electron chi connectivity index (χ3n) is 4.82. The molecule has 3 rings (SSSR count). The number of amides is 1. The van der Waals surface area contributed by atoms with Crippen LogP contribution in [0.15, 0.2) is 53.4 Å². The van der Waals surface area contributed by atoms with E-state index in [2.05, 4.69) is 10.0 Å². The zero-order chi connectivity index (χ0) is 19.4. The first-order valence-electron chi connectivity index (χ1n) is 9.09. The Morgan fingerprint density at radius 1 is 1.00 bits per heavy atom. The Hall–Kier alpha value is -2.38. The van der Waals surface area contributed by atoms with Crippen molar-refractivity contribution < 1.29 is 13.2 Å². The van der Waals surface area contributed by atoms with Crippen LogP contribution in [0.4, 0.5) is 11.4 Å². The van der Waals surface area contributed by atoms with E-state index in [0.29, 0.717) is 17.8 Å². The number of carbonyl (C=O) groups excluding carboxylic acids is 1. The average Bonchev–Trinajstić information content (AvgIpc) is 2.63. The van der Waals surface area contributed by atoms with Crippen LogP contribution < -0.4 is 15.8 Å². The zero-order valence-electron chi connectivity index (χ0n) is 15.3. The van der Waals surface area contributed by atoms with Crippen LogP contribution in [0.5, 0.6) is 0 Å². The van der Waals surface area contributed by atoms with E-state index in [9.17, 15) is 13.2 Å². The Kier molecular flexibility index (Phi) is 5.82. The Bertz CT molecular complexity index is 893. The Balaban J connectivity index is 1.63. The fourth-order valence-electron chi connectivity index (χ4n) is 3.26. The lowest BCUT2D eigenvalue weighted by molar-refractivity contribution is -0.120. The number of rotatable bonds is 5. The van der Waals surface area contributed by atoms with Crippen molar-refractivity contribution in [3.63, 3.8) is 0 Å². The van der Waals surface area contributed by atoms with Crippen LogP contribution in [-0.2, 0) is 14.8 Å². The molecule has 144 valence electrons. The number of nitrogens with two attached hydrogens (primary N) is 1. The van der Waals surface area contributed by atoms with Crippen molar-refractivity contribution in [1.29, 1.82) is 0 Å². The third-order valence-corrected chi connectivity index (χ3v) is 6.22. The van der Waals surface area contributed by atoms with Crippen LogP contribution >= 0.6 is 0 Å². The average molecular weight is 388 g/mol. The van der Waals surface area contributed by atoms with Crippen LogP contribution in [0.25, 0.3) is 0 Å². The van der Waals surface area contributed by atoms with Crippen LogP contribution in [0, 0.1) is 12.8 Å². The maximum Gasteiger partial charge on any atom is 0.261 e. The molecule has 0 spiro atoms. The summed E-state index contributed by atoms with van der Waals surface area (Å²) >= 11 is 0. The number of sulfonamides is 1. The molecule has 1 amide bonds. The van der Waals surface area contributed by atoms with Gasteiger partial charge in [-0.2, -0.15) is 0 Å². The number of anilines is 2. The molecule has 0 heterocycles. The molecule has 2 aromatic rings. The van der Waals surface area contributed by atoms with E-state index < -0.39 is 10.0 Å². The molecule has 7 heteroatoms. The van der Waals surface area contributed by atoms with E-state index in [1.54, 1.807) is 48.5 Å². The molecule has 1 saturated carbocycles. The quantitative estimate of drug-likeness (QED) is 0.733. The summed E-state index contributed by atoms with van der Waals surface area (Å²) in [5.41, 5.74) is 8.01. The molecule has 0 aromatic heterocycles. The lowest BCUT2D eigenvalue weighted by Crippen LogP contribution is -2.34. The summed E-state index contributed by atoms with van der Waals surface area (Å²) in [7, 11) is -3.64. The first-order valence-corrected chi connectivity index (χ1v) is 10.6. The molecule has 1 fully saturated rings. The van der Waals surface area contributed by atoms with Crippen molar-refractivity contribution in [3.05, 3.63) is 54.1 Å². The van der Waals surface area contributed by atoms with Gasteiger partial charge in [-0.15, -0.1) is 0 Å². The molecule has 1 aliphatic rings. The normalized spacial score (nSPS) is 20.1. The minimum atomic E-state index is -3.64. The van der Waals surface area contributed by atoms with Crippen LogP contribution in [0.2, 0.25) is 0 Å². The highest BCUT2D eigenvalue weighted by Gasteiger charge is 2.25. The van der Waals surface area contributed by atoms with Crippen LogP contribution in [0.1, 0.15) is 31.2 Å². The highest BCUT2D eigenvalue weighted by Crippen LogP contribution is 2.25. The van der Waals surface area contributed by atoms with Gasteiger partial charge in [0, 0.05) is 23.3 Å². The Labute approximate surface area is 160 Å². The van der Waals surface area contributed by atoms with Crippen LogP contribution in [0.3, 0.4) is 0 Å². The maximum absolute atomic E-state index is 12.4. The second kappa shape index (κ2) is 8.10. The van der Waals surface area contributed by atoms with E-state index in [1.807, 2.05) is 6.92 Å². The molecule has 0 aliphatic heterocycles. The Morgan fingerprint density at radius 3 is 2.26 bits per heavy atom. The molecular formula is C20H25N3O3S. The highest BCUT2D eigenvalue weighted by atomic mass is 32.2. The minimum absolute atomic E-state index is 0.0295. The predicted octanol–water partition coefficient (Wildman–Crippen LogP) is 3.25. The molecule has 1 aliphatic carbocycles. The topological polar surface area (TPSA) is 101 Å². The molecule has 0 radical (unpaired) electrons. The molecule has 27 heavy (non-hydrogen) atoms. The summed E-state index contributed by atoms with van der Waals surface area (Å²) in [6.07, 6.45) is 3.51. The van der Waals surface area contributed by atoms with Gasteiger partial charge in [0.25, 0.3) is 10.0 Å². The van der Waals surface area contributed by atoms with Crippen molar-refractivity contribution in [3.8, 4) is 0 Å². The largest absolute Gasteiger partial charge is 0.328 e. The van der Waals surface area contributed by atoms with Gasteiger partial charge in [-0.1, -0.05) is 24.1 Å². The number of hydrogen-bond acceptors (Lipinski definition) is 4. The third kappa shape index (κ3) is 5.08. The predicted molar refractivity (Wildman–Crippen MR) is 107 cm³/mol. The lowest BCUT2D eigenvalue weighted by Gasteiger charge is -2.25. The summed E-state index contributed by atoms with van der Waals surface area (Å²) in [6.45, 7) is 1.90. The highest BCUT2D eigenvalue weighted by molar-refractivity contribution is 7.92. The molecular weight excluding hydrogens is 362 g/mol. The van der Waals surface area contributed by atoms with Crippen molar-refractivity contribution >= 4 is 27.3 Å². The smallest absolute Gasteiger partial charge is 0.261 e. The van der Waals surface area contributed by atoms with Gasteiger partial charge < -0.3 is 11.1 Å². The molecule has 2 aromatic carbocycles.